The van der Waals surface area contributed by atoms with Crippen LogP contribution < -0.4 is 5.73 Å². The average Bonchev–Trinajstić information content (AvgIpc) is 2.42. The fraction of sp³-hybridized carbons (Fsp3) is 0.692. The molecular weight excluding hydrogens is 226 g/mol. The second-order valence-corrected chi connectivity index (χ2v) is 4.76. The lowest BCUT2D eigenvalue weighted by molar-refractivity contribution is 0.132. The van der Waals surface area contributed by atoms with Crippen molar-refractivity contribution in [2.75, 3.05) is 38.5 Å². The van der Waals surface area contributed by atoms with E-state index in [9.17, 15) is 0 Å². The summed E-state index contributed by atoms with van der Waals surface area (Å²) in [6, 6.07) is 0. The van der Waals surface area contributed by atoms with Gasteiger partial charge in [-0.15, -0.1) is 0 Å². The zero-order chi connectivity index (χ0) is 13.0. The first-order chi connectivity index (χ1) is 8.72. The Morgan fingerprint density at radius 1 is 1.17 bits per heavy atom. The smallest absolute Gasteiger partial charge is 0.131 e. The first kappa shape index (κ1) is 13.2. The van der Waals surface area contributed by atoms with Crippen molar-refractivity contribution in [2.24, 2.45) is 0 Å². The molecule has 2 heterocycles. The normalized spacial score (nSPS) is 18.1. The van der Waals surface area contributed by atoms with Crippen LogP contribution in [0.15, 0.2) is 6.20 Å². The van der Waals surface area contributed by atoms with Gasteiger partial charge in [-0.05, 0) is 6.54 Å². The molecule has 5 nitrogen and oxygen atoms in total. The maximum Gasteiger partial charge on any atom is 0.131 e. The van der Waals surface area contributed by atoms with Crippen LogP contribution in [0.1, 0.15) is 25.2 Å². The summed E-state index contributed by atoms with van der Waals surface area (Å²) in [5, 5.41) is 0. The minimum absolute atomic E-state index is 0.639. The monoisotopic (exact) mass is 249 g/mol. The van der Waals surface area contributed by atoms with Gasteiger partial charge < -0.3 is 10.6 Å². The van der Waals surface area contributed by atoms with Crippen LogP contribution in [-0.4, -0.2) is 52.5 Å². The van der Waals surface area contributed by atoms with Gasteiger partial charge in [-0.25, -0.2) is 9.97 Å². The molecular formula is C13H23N5. The van der Waals surface area contributed by atoms with E-state index in [1.807, 2.05) is 13.1 Å². The molecule has 1 saturated heterocycles. The molecule has 5 heteroatoms. The second kappa shape index (κ2) is 6.11. The summed E-state index contributed by atoms with van der Waals surface area (Å²) in [6.07, 6.45) is 2.72. The Morgan fingerprint density at radius 2 is 1.83 bits per heavy atom. The summed E-state index contributed by atoms with van der Waals surface area (Å²) >= 11 is 0. The molecule has 0 spiro atoms. The van der Waals surface area contributed by atoms with Crippen LogP contribution in [0, 0.1) is 0 Å². The molecule has 0 bridgehead atoms. The summed E-state index contributed by atoms with van der Waals surface area (Å²) in [5.41, 5.74) is 7.03. The van der Waals surface area contributed by atoms with Gasteiger partial charge in [-0.3, -0.25) is 4.90 Å². The van der Waals surface area contributed by atoms with E-state index >= 15 is 0 Å². The highest BCUT2D eigenvalue weighted by Gasteiger charge is 2.16. The Hall–Kier alpha value is -1.20. The molecule has 0 amide bonds. The highest BCUT2D eigenvalue weighted by atomic mass is 15.3. The fourth-order valence-corrected chi connectivity index (χ4v) is 2.25. The summed E-state index contributed by atoms with van der Waals surface area (Å²) < 4.78 is 0. The molecule has 1 aromatic rings. The van der Waals surface area contributed by atoms with Crippen molar-refractivity contribution in [2.45, 2.75) is 26.8 Å². The lowest BCUT2D eigenvalue weighted by atomic mass is 10.2. The highest BCUT2D eigenvalue weighted by molar-refractivity contribution is 5.37. The van der Waals surface area contributed by atoms with Gasteiger partial charge in [0.15, 0.2) is 0 Å². The molecule has 0 unspecified atom stereocenters. The molecule has 1 aliphatic rings. The number of nitrogen functional groups attached to an aromatic ring is 1. The fourth-order valence-electron chi connectivity index (χ4n) is 2.25. The van der Waals surface area contributed by atoms with Gasteiger partial charge in [0.1, 0.15) is 11.6 Å². The number of rotatable bonds is 4. The Morgan fingerprint density at radius 3 is 2.39 bits per heavy atom. The zero-order valence-corrected chi connectivity index (χ0v) is 11.4. The third kappa shape index (κ3) is 3.17. The van der Waals surface area contributed by atoms with E-state index in [0.29, 0.717) is 5.82 Å². The third-order valence-corrected chi connectivity index (χ3v) is 3.57. The van der Waals surface area contributed by atoms with Crippen LogP contribution in [0.3, 0.4) is 0 Å². The van der Waals surface area contributed by atoms with Crippen molar-refractivity contribution in [3.8, 4) is 0 Å². The van der Waals surface area contributed by atoms with E-state index in [4.69, 9.17) is 5.73 Å². The first-order valence-electron chi connectivity index (χ1n) is 6.78. The van der Waals surface area contributed by atoms with Crippen molar-refractivity contribution in [1.29, 1.82) is 0 Å². The van der Waals surface area contributed by atoms with Crippen LogP contribution in [-0.2, 0) is 13.0 Å². The van der Waals surface area contributed by atoms with Crippen molar-refractivity contribution < 1.29 is 0 Å². The summed E-state index contributed by atoms with van der Waals surface area (Å²) in [5.74, 6) is 1.46. The summed E-state index contributed by atoms with van der Waals surface area (Å²) in [4.78, 5) is 13.5. The molecule has 18 heavy (non-hydrogen) atoms. The second-order valence-electron chi connectivity index (χ2n) is 4.76. The third-order valence-electron chi connectivity index (χ3n) is 3.57. The van der Waals surface area contributed by atoms with E-state index in [0.717, 1.165) is 57.1 Å². The van der Waals surface area contributed by atoms with Crippen LogP contribution in [0.2, 0.25) is 0 Å². The van der Waals surface area contributed by atoms with Gasteiger partial charge in [-0.2, -0.15) is 0 Å². The van der Waals surface area contributed by atoms with Crippen molar-refractivity contribution in [3.05, 3.63) is 17.6 Å². The van der Waals surface area contributed by atoms with E-state index < -0.39 is 0 Å². The maximum atomic E-state index is 5.98. The van der Waals surface area contributed by atoms with Gasteiger partial charge in [0.05, 0.1) is 0 Å². The molecule has 0 saturated carbocycles. The number of piperazine rings is 1. The Kier molecular flexibility index (Phi) is 4.49. The summed E-state index contributed by atoms with van der Waals surface area (Å²) in [7, 11) is 0. The molecule has 2 rings (SSSR count). The quantitative estimate of drug-likeness (QED) is 0.853. The standard InChI is InChI=1S/C13H23N5/c1-3-12-15-9-11(13(14)16-12)10-18-7-5-17(4-2)6-8-18/h9H,3-8,10H2,1-2H3,(H2,14,15,16). The van der Waals surface area contributed by atoms with Gasteiger partial charge in [0, 0.05) is 50.9 Å². The number of nitrogens with zero attached hydrogens (tertiary/aromatic N) is 4. The number of likely N-dealkylation sites (N-methyl/N-ethyl adjacent to an activating group) is 1. The molecule has 2 N–H and O–H groups in total. The number of aromatic nitrogens is 2. The van der Waals surface area contributed by atoms with Crippen molar-refractivity contribution >= 4 is 5.82 Å². The van der Waals surface area contributed by atoms with Gasteiger partial charge in [-0.1, -0.05) is 13.8 Å². The number of anilines is 1. The van der Waals surface area contributed by atoms with Crippen molar-refractivity contribution in [3.63, 3.8) is 0 Å². The van der Waals surface area contributed by atoms with Crippen molar-refractivity contribution in [1.82, 2.24) is 19.8 Å². The van der Waals surface area contributed by atoms with E-state index in [1.54, 1.807) is 0 Å². The first-order valence-corrected chi connectivity index (χ1v) is 6.78. The zero-order valence-electron chi connectivity index (χ0n) is 11.4. The average molecular weight is 249 g/mol. The predicted octanol–water partition coefficient (Wildman–Crippen LogP) is 0.759. The lowest BCUT2D eigenvalue weighted by Gasteiger charge is -2.34. The van der Waals surface area contributed by atoms with Crippen LogP contribution >= 0.6 is 0 Å². The Labute approximate surface area is 109 Å². The molecule has 0 aromatic carbocycles. The minimum Gasteiger partial charge on any atom is -0.383 e. The van der Waals surface area contributed by atoms with E-state index in [1.165, 1.54) is 0 Å². The van der Waals surface area contributed by atoms with Gasteiger partial charge >= 0.3 is 0 Å². The number of nitrogens with two attached hydrogens (primary N) is 1. The number of aryl methyl sites for hydroxylation is 1. The Bertz CT molecular complexity index is 385. The lowest BCUT2D eigenvalue weighted by Crippen LogP contribution is -2.45. The molecule has 1 aliphatic heterocycles. The van der Waals surface area contributed by atoms with Crippen LogP contribution in [0.4, 0.5) is 5.82 Å². The molecule has 1 aromatic heterocycles. The number of hydrogen-bond acceptors (Lipinski definition) is 5. The Balaban J connectivity index is 1.94. The molecule has 0 radical (unpaired) electrons. The van der Waals surface area contributed by atoms with E-state index in [-0.39, 0.29) is 0 Å². The van der Waals surface area contributed by atoms with Crippen LogP contribution in [0.25, 0.3) is 0 Å². The van der Waals surface area contributed by atoms with Gasteiger partial charge in [0.2, 0.25) is 0 Å². The topological polar surface area (TPSA) is 58.3 Å². The molecule has 100 valence electrons. The molecule has 0 aliphatic carbocycles. The highest BCUT2D eigenvalue weighted by Crippen LogP contribution is 2.12. The molecule has 1 fully saturated rings. The van der Waals surface area contributed by atoms with Crippen LogP contribution in [0.5, 0.6) is 0 Å². The molecule has 0 atom stereocenters. The maximum absolute atomic E-state index is 5.98. The predicted molar refractivity (Wildman–Crippen MR) is 73.2 cm³/mol. The SMILES string of the molecule is CCc1ncc(CN2CCN(CC)CC2)c(N)n1. The minimum atomic E-state index is 0.639. The van der Waals surface area contributed by atoms with E-state index in [2.05, 4.69) is 26.7 Å². The summed E-state index contributed by atoms with van der Waals surface area (Å²) in [6.45, 7) is 10.8. The largest absolute Gasteiger partial charge is 0.383 e. The number of hydrogen-bond donors (Lipinski definition) is 1. The van der Waals surface area contributed by atoms with Gasteiger partial charge in [0.25, 0.3) is 0 Å².